The van der Waals surface area contributed by atoms with Gasteiger partial charge in [-0.15, -0.1) is 0 Å². The summed E-state index contributed by atoms with van der Waals surface area (Å²) in [5.74, 6) is -5.27. The van der Waals surface area contributed by atoms with E-state index in [1.165, 1.54) is 12.1 Å². The molecule has 1 atom stereocenters. The fraction of sp³-hybridized carbons (Fsp3) is 0.375. The van der Waals surface area contributed by atoms with Crippen LogP contribution in [0, 0.1) is 0 Å². The van der Waals surface area contributed by atoms with Gasteiger partial charge in [-0.2, -0.15) is 26.3 Å². The maximum absolute atomic E-state index is 15.0. The third-order valence-electron chi connectivity index (χ3n) is 6.03. The van der Waals surface area contributed by atoms with E-state index in [0.717, 1.165) is 49.9 Å². The highest BCUT2D eigenvalue weighted by molar-refractivity contribution is 6.48. The number of amides is 1. The number of nitrogens with one attached hydrogen (secondary N) is 1. The van der Waals surface area contributed by atoms with Crippen molar-refractivity contribution in [1.29, 1.82) is 0 Å². The molecule has 1 unspecified atom stereocenters. The summed E-state index contributed by atoms with van der Waals surface area (Å²) >= 11 is 17.4. The molecule has 0 radical (unpaired) electrons. The molecule has 0 aliphatic heterocycles. The maximum Gasteiger partial charge on any atom is 0.417 e. The number of alkyl halides is 6. The van der Waals surface area contributed by atoms with Crippen molar-refractivity contribution in [3.8, 4) is 0 Å². The molecular weight excluding hydrogens is 572 g/mol. The quantitative estimate of drug-likeness (QED) is 0.207. The molecule has 1 fully saturated rings. The monoisotopic (exact) mass is 590 g/mol. The topological polar surface area (TPSA) is 32.3 Å². The van der Waals surface area contributed by atoms with Crippen LogP contribution in [0.3, 0.4) is 0 Å². The Labute approximate surface area is 223 Å². The van der Waals surface area contributed by atoms with Crippen LogP contribution in [0.4, 0.5) is 30.7 Å². The summed E-state index contributed by atoms with van der Waals surface area (Å²) in [5, 5.41) is 0.592. The van der Waals surface area contributed by atoms with Crippen LogP contribution in [0.5, 0.6) is 0 Å². The fourth-order valence-corrected chi connectivity index (χ4v) is 4.72. The number of carbonyl (C=O) groups excluding carboxylic acids is 1. The molecular formula is C24H20Cl3F7N2O. The summed E-state index contributed by atoms with van der Waals surface area (Å²) in [6, 6.07) is 3.47. The molecule has 1 amide bonds. The van der Waals surface area contributed by atoms with E-state index in [0.29, 0.717) is 6.07 Å². The zero-order valence-corrected chi connectivity index (χ0v) is 21.4. The molecule has 1 N–H and O–H groups in total. The van der Waals surface area contributed by atoms with Crippen molar-refractivity contribution in [2.24, 2.45) is 0 Å². The lowest BCUT2D eigenvalue weighted by Crippen LogP contribution is -2.45. The first-order valence-electron chi connectivity index (χ1n) is 10.9. The number of hydrogen-bond donors (Lipinski definition) is 1. The van der Waals surface area contributed by atoms with Crippen LogP contribution >= 0.6 is 34.8 Å². The lowest BCUT2D eigenvalue weighted by molar-refractivity contribution is -0.140. The molecule has 0 spiro atoms. The fourth-order valence-electron chi connectivity index (χ4n) is 4.11. The zero-order valence-electron chi connectivity index (χ0n) is 19.1. The normalized spacial score (nSPS) is 16.4. The Bertz CT molecular complexity index is 1170. The van der Waals surface area contributed by atoms with Gasteiger partial charge >= 0.3 is 12.4 Å². The molecule has 1 aliphatic carbocycles. The van der Waals surface area contributed by atoms with Gasteiger partial charge in [0.15, 0.2) is 0 Å². The van der Waals surface area contributed by atoms with Crippen molar-refractivity contribution in [3.05, 3.63) is 73.7 Å². The second-order valence-corrected chi connectivity index (χ2v) is 9.77. The van der Waals surface area contributed by atoms with Gasteiger partial charge in [0.2, 0.25) is 0 Å². The molecule has 37 heavy (non-hydrogen) atoms. The number of hydrogen-bond acceptors (Lipinski definition) is 2. The van der Waals surface area contributed by atoms with Crippen LogP contribution < -0.4 is 5.43 Å². The Morgan fingerprint density at radius 1 is 1.03 bits per heavy atom. The van der Waals surface area contributed by atoms with Crippen molar-refractivity contribution in [2.75, 3.05) is 7.05 Å². The van der Waals surface area contributed by atoms with Gasteiger partial charge < -0.3 is 0 Å². The molecule has 2 aromatic rings. The number of nitrogens with zero attached hydrogens (tertiary/aromatic N) is 1. The van der Waals surface area contributed by atoms with Crippen molar-refractivity contribution in [3.63, 3.8) is 0 Å². The molecule has 1 saturated carbocycles. The first-order valence-corrected chi connectivity index (χ1v) is 12.1. The third kappa shape index (κ3) is 7.10. The summed E-state index contributed by atoms with van der Waals surface area (Å²) in [6.45, 7) is 0. The molecule has 0 bridgehead atoms. The highest BCUT2D eigenvalue weighted by Gasteiger charge is 2.41. The van der Waals surface area contributed by atoms with Crippen LogP contribution in [0.1, 0.15) is 58.6 Å². The van der Waals surface area contributed by atoms with Gasteiger partial charge in [-0.1, -0.05) is 53.7 Å². The first kappa shape index (κ1) is 29.5. The average molecular weight is 592 g/mol. The summed E-state index contributed by atoms with van der Waals surface area (Å²) in [7, 11) is 1.53. The molecule has 202 valence electrons. The van der Waals surface area contributed by atoms with Gasteiger partial charge in [-0.25, -0.2) is 9.40 Å². The number of allylic oxidation sites excluding steroid dienone is 1. The van der Waals surface area contributed by atoms with Crippen LogP contribution in [0.15, 0.2) is 36.4 Å². The van der Waals surface area contributed by atoms with Gasteiger partial charge in [-0.05, 0) is 48.7 Å². The predicted molar refractivity (Wildman–Crippen MR) is 128 cm³/mol. The summed E-state index contributed by atoms with van der Waals surface area (Å²) < 4.78 is 97.6. The summed E-state index contributed by atoms with van der Waals surface area (Å²) in [4.78, 5) is 12.6. The van der Waals surface area contributed by atoms with Gasteiger partial charge in [0.25, 0.3) is 5.91 Å². The van der Waals surface area contributed by atoms with Crippen LogP contribution in [0.25, 0.3) is 5.83 Å². The lowest BCUT2D eigenvalue weighted by Gasteiger charge is -2.25. The molecule has 0 aromatic heterocycles. The van der Waals surface area contributed by atoms with E-state index in [1.807, 2.05) is 0 Å². The highest BCUT2D eigenvalue weighted by atomic mass is 35.5. The van der Waals surface area contributed by atoms with Crippen LogP contribution in [-0.4, -0.2) is 30.2 Å². The van der Waals surface area contributed by atoms with E-state index in [1.54, 1.807) is 0 Å². The van der Waals surface area contributed by atoms with E-state index >= 15 is 0 Å². The van der Waals surface area contributed by atoms with Gasteiger partial charge in [0.05, 0.1) is 26.2 Å². The average Bonchev–Trinajstić information content (AvgIpc) is 3.34. The van der Waals surface area contributed by atoms with Crippen molar-refractivity contribution >= 4 is 46.5 Å². The molecule has 2 aromatic carbocycles. The number of halogens is 10. The zero-order chi connectivity index (χ0) is 27.7. The van der Waals surface area contributed by atoms with E-state index < -0.39 is 52.3 Å². The SMILES string of the molecule is CN(NC(=O)c1ccc(/C(F)=C/C(c2cc(Cl)c(Cl)c(Cl)c2)C(F)(F)F)cc1C(F)(F)F)C1CCCC1. The molecule has 3 rings (SSSR count). The van der Waals surface area contributed by atoms with E-state index in [4.69, 9.17) is 34.8 Å². The standard InChI is InChI=1S/C24H20Cl3F7N2O/c1-36(14-4-2-3-5-14)35-22(37)15-7-6-12(8-17(15)24(32,33)34)20(28)11-16(23(29,30)31)13-9-18(25)21(27)19(26)10-13/h6-11,14,16H,2-5H2,1H3,(H,35,37)/b20-11-. The molecule has 13 heteroatoms. The van der Waals surface area contributed by atoms with Crippen molar-refractivity contribution < 1.29 is 35.5 Å². The number of hydrazine groups is 1. The number of carbonyl (C=O) groups is 1. The van der Waals surface area contributed by atoms with Gasteiger partial charge in [0.1, 0.15) is 11.7 Å². The molecule has 3 nitrogen and oxygen atoms in total. The van der Waals surface area contributed by atoms with Crippen LogP contribution in [-0.2, 0) is 6.18 Å². The third-order valence-corrected chi connectivity index (χ3v) is 7.22. The second-order valence-electron chi connectivity index (χ2n) is 8.58. The summed E-state index contributed by atoms with van der Waals surface area (Å²) in [5.41, 5.74) is -1.26. The molecule has 0 heterocycles. The van der Waals surface area contributed by atoms with E-state index in [2.05, 4.69) is 5.43 Å². The second kappa shape index (κ2) is 11.4. The number of benzene rings is 2. The van der Waals surface area contributed by atoms with Gasteiger partial charge in [0, 0.05) is 18.7 Å². The van der Waals surface area contributed by atoms with E-state index in [9.17, 15) is 35.5 Å². The minimum absolute atomic E-state index is 0.0351. The highest BCUT2D eigenvalue weighted by Crippen LogP contribution is 2.43. The Hall–Kier alpha value is -2.01. The predicted octanol–water partition coefficient (Wildman–Crippen LogP) is 8.84. The van der Waals surface area contributed by atoms with Gasteiger partial charge in [-0.3, -0.25) is 10.2 Å². The Morgan fingerprint density at radius 2 is 1.59 bits per heavy atom. The largest absolute Gasteiger partial charge is 0.417 e. The van der Waals surface area contributed by atoms with Crippen LogP contribution in [0.2, 0.25) is 15.1 Å². The maximum atomic E-state index is 15.0. The molecule has 0 saturated heterocycles. The smallest absolute Gasteiger partial charge is 0.285 e. The van der Waals surface area contributed by atoms with Crippen molar-refractivity contribution in [2.45, 2.75) is 50.0 Å². The Kier molecular flexibility index (Phi) is 9.09. The van der Waals surface area contributed by atoms with E-state index in [-0.39, 0.29) is 27.2 Å². The lowest BCUT2D eigenvalue weighted by atomic mass is 9.95. The summed E-state index contributed by atoms with van der Waals surface area (Å²) in [6.07, 6.45) is -6.65. The van der Waals surface area contributed by atoms with Crippen molar-refractivity contribution in [1.82, 2.24) is 10.4 Å². The number of rotatable bonds is 6. The molecule has 1 aliphatic rings. The minimum Gasteiger partial charge on any atom is -0.285 e. The first-order chi connectivity index (χ1) is 17.1. The minimum atomic E-state index is -5.09. The Morgan fingerprint density at radius 3 is 2.11 bits per heavy atom. The Balaban J connectivity index is 1.99.